The predicted octanol–water partition coefficient (Wildman–Crippen LogP) is 4.36. The lowest BCUT2D eigenvalue weighted by Gasteiger charge is -2.36. The third-order valence-corrected chi connectivity index (χ3v) is 6.99. The van der Waals surface area contributed by atoms with Crippen molar-refractivity contribution in [3.8, 4) is 0 Å². The van der Waals surface area contributed by atoms with Crippen LogP contribution in [0.5, 0.6) is 0 Å². The van der Waals surface area contributed by atoms with E-state index in [1.54, 1.807) is 21.1 Å². The van der Waals surface area contributed by atoms with Crippen LogP contribution in [0.15, 0.2) is 24.3 Å². The summed E-state index contributed by atoms with van der Waals surface area (Å²) >= 11 is 1.63. The first-order valence-electron chi connectivity index (χ1n) is 11.1. The normalized spacial score (nSPS) is 22.9. The van der Waals surface area contributed by atoms with Gasteiger partial charge in [-0.05, 0) is 52.3 Å². The second kappa shape index (κ2) is 8.48. The van der Waals surface area contributed by atoms with Gasteiger partial charge in [0.25, 0.3) is 0 Å². The van der Waals surface area contributed by atoms with Crippen LogP contribution in [0, 0.1) is 5.92 Å². The molecule has 2 aliphatic heterocycles. The van der Waals surface area contributed by atoms with Gasteiger partial charge >= 0.3 is 6.09 Å². The summed E-state index contributed by atoms with van der Waals surface area (Å²) in [5.41, 5.74) is 2.17. The number of rotatable bonds is 2. The van der Waals surface area contributed by atoms with E-state index in [-0.39, 0.29) is 18.0 Å². The van der Waals surface area contributed by atoms with E-state index in [9.17, 15) is 9.59 Å². The molecule has 0 saturated carbocycles. The minimum Gasteiger partial charge on any atom is -0.443 e. The first kappa shape index (κ1) is 22.7. The molecule has 1 saturated heterocycles. The van der Waals surface area contributed by atoms with Gasteiger partial charge in [-0.15, -0.1) is 11.3 Å². The van der Waals surface area contributed by atoms with E-state index in [1.807, 2.05) is 51.9 Å². The predicted molar refractivity (Wildman–Crippen MR) is 127 cm³/mol. The summed E-state index contributed by atoms with van der Waals surface area (Å²) in [5.74, 6) is 0.482. The molecule has 32 heavy (non-hydrogen) atoms. The Hall–Kier alpha value is -2.45. The number of carbonyl (C=O) groups is 2. The quantitative estimate of drug-likeness (QED) is 0.672. The summed E-state index contributed by atoms with van der Waals surface area (Å²) in [6.07, 6.45) is 2.71. The number of ether oxygens (including phenoxy) is 1. The molecule has 1 fully saturated rings. The first-order valence-corrected chi connectivity index (χ1v) is 11.9. The fourth-order valence-corrected chi connectivity index (χ4v) is 5.24. The fourth-order valence-electron chi connectivity index (χ4n) is 4.16. The van der Waals surface area contributed by atoms with Gasteiger partial charge in [-0.1, -0.05) is 19.1 Å². The molecule has 7 nitrogen and oxygen atoms in total. The Morgan fingerprint density at radius 2 is 1.97 bits per heavy atom. The zero-order chi connectivity index (χ0) is 23.2. The van der Waals surface area contributed by atoms with Crippen molar-refractivity contribution in [2.45, 2.75) is 45.8 Å². The highest BCUT2D eigenvalue weighted by molar-refractivity contribution is 7.18. The second-order valence-electron chi connectivity index (χ2n) is 9.97. The van der Waals surface area contributed by atoms with E-state index >= 15 is 0 Å². The van der Waals surface area contributed by atoms with Gasteiger partial charge in [0.15, 0.2) is 0 Å². The standard InChI is InChI=1S/C24H32N4O3S/c1-15-7-9-18(28(12-15)23(30)31-24(2,3)4)16-8-10-20-17(11-16)25-22(32-20)19-13-26(5)14-21(29)27(19)6/h8-11,15,19H,7,12-14H2,1-6H3/t15-,19-/m0/s1. The first-order chi connectivity index (χ1) is 15.0. The molecule has 2 atom stereocenters. The third kappa shape index (κ3) is 4.66. The highest BCUT2D eigenvalue weighted by Crippen LogP contribution is 2.35. The SMILES string of the molecule is C[C@H]1CC=C(c2ccc3sc([C@@H]4CN(C)CC(=O)N4C)nc3c2)N(C(=O)OC(C)(C)C)C1. The number of fused-ring (bicyclic) bond motifs is 1. The number of piperazine rings is 1. The number of hydrogen-bond acceptors (Lipinski definition) is 6. The van der Waals surface area contributed by atoms with Gasteiger partial charge in [-0.25, -0.2) is 9.78 Å². The molecule has 2 amide bonds. The Kier molecular flexibility index (Phi) is 6.02. The van der Waals surface area contributed by atoms with Crippen molar-refractivity contribution in [2.24, 2.45) is 5.92 Å². The molecule has 1 aromatic carbocycles. The van der Waals surface area contributed by atoms with Crippen molar-refractivity contribution in [3.05, 3.63) is 34.8 Å². The van der Waals surface area contributed by atoms with Crippen LogP contribution >= 0.6 is 11.3 Å². The molecule has 0 radical (unpaired) electrons. The van der Waals surface area contributed by atoms with Crippen LogP contribution in [-0.4, -0.2) is 71.0 Å². The van der Waals surface area contributed by atoms with E-state index in [4.69, 9.17) is 9.72 Å². The highest BCUT2D eigenvalue weighted by Gasteiger charge is 2.32. The lowest BCUT2D eigenvalue weighted by Crippen LogP contribution is -2.48. The molecule has 3 heterocycles. The van der Waals surface area contributed by atoms with Crippen molar-refractivity contribution < 1.29 is 14.3 Å². The van der Waals surface area contributed by atoms with Crippen molar-refractivity contribution in [2.75, 3.05) is 33.7 Å². The Balaban J connectivity index is 1.65. The van der Waals surface area contributed by atoms with E-state index in [0.717, 1.165) is 39.5 Å². The number of hydrogen-bond donors (Lipinski definition) is 0. The minimum atomic E-state index is -0.548. The van der Waals surface area contributed by atoms with Crippen LogP contribution in [0.4, 0.5) is 4.79 Å². The van der Waals surface area contributed by atoms with Gasteiger partial charge in [0.1, 0.15) is 10.6 Å². The van der Waals surface area contributed by atoms with Crippen LogP contribution in [0.2, 0.25) is 0 Å². The van der Waals surface area contributed by atoms with Crippen LogP contribution in [0.3, 0.4) is 0 Å². The number of benzene rings is 1. The molecular weight excluding hydrogens is 424 g/mol. The van der Waals surface area contributed by atoms with Gasteiger partial charge in [-0.3, -0.25) is 14.6 Å². The van der Waals surface area contributed by atoms with E-state index < -0.39 is 5.60 Å². The second-order valence-corrected chi connectivity index (χ2v) is 11.0. The molecule has 8 heteroatoms. The Morgan fingerprint density at radius 1 is 1.22 bits per heavy atom. The van der Waals surface area contributed by atoms with Crippen LogP contribution in [0.1, 0.15) is 50.7 Å². The number of allylic oxidation sites excluding steroid dienone is 1. The lowest BCUT2D eigenvalue weighted by molar-refractivity contribution is -0.137. The fraction of sp³-hybridized carbons (Fsp3) is 0.542. The summed E-state index contributed by atoms with van der Waals surface area (Å²) in [7, 11) is 3.81. The smallest absolute Gasteiger partial charge is 0.414 e. The van der Waals surface area contributed by atoms with Gasteiger partial charge < -0.3 is 9.64 Å². The maximum absolute atomic E-state index is 12.9. The molecule has 0 spiro atoms. The van der Waals surface area contributed by atoms with Crippen molar-refractivity contribution in [1.82, 2.24) is 19.7 Å². The summed E-state index contributed by atoms with van der Waals surface area (Å²) < 4.78 is 6.75. The molecule has 4 rings (SSSR count). The zero-order valence-corrected chi connectivity index (χ0v) is 20.5. The molecule has 0 bridgehead atoms. The Labute approximate surface area is 193 Å². The largest absolute Gasteiger partial charge is 0.443 e. The molecule has 0 N–H and O–H groups in total. The number of nitrogens with zero attached hydrogens (tertiary/aromatic N) is 4. The molecule has 0 aliphatic carbocycles. The molecule has 2 aliphatic rings. The van der Waals surface area contributed by atoms with E-state index in [0.29, 0.717) is 19.0 Å². The maximum atomic E-state index is 12.9. The molecular formula is C24H32N4O3S. The topological polar surface area (TPSA) is 66.0 Å². The van der Waals surface area contributed by atoms with Gasteiger partial charge in [0.05, 0.1) is 28.5 Å². The molecule has 172 valence electrons. The molecule has 0 unspecified atom stereocenters. The van der Waals surface area contributed by atoms with Crippen molar-refractivity contribution in [3.63, 3.8) is 0 Å². The summed E-state index contributed by atoms with van der Waals surface area (Å²) in [6, 6.07) is 6.11. The maximum Gasteiger partial charge on any atom is 0.414 e. The van der Waals surface area contributed by atoms with Crippen LogP contribution < -0.4 is 0 Å². The van der Waals surface area contributed by atoms with E-state index in [1.165, 1.54) is 0 Å². The average molecular weight is 457 g/mol. The average Bonchev–Trinajstić information content (AvgIpc) is 3.12. The van der Waals surface area contributed by atoms with E-state index in [2.05, 4.69) is 19.1 Å². The number of thiazole rings is 1. The lowest BCUT2D eigenvalue weighted by atomic mass is 9.98. The Bertz CT molecular complexity index is 1070. The number of carbonyl (C=O) groups excluding carboxylic acids is 2. The molecule has 1 aromatic heterocycles. The summed E-state index contributed by atoms with van der Waals surface area (Å²) in [5, 5.41) is 0.940. The van der Waals surface area contributed by atoms with Gasteiger partial charge in [-0.2, -0.15) is 0 Å². The summed E-state index contributed by atoms with van der Waals surface area (Å²) in [4.78, 5) is 35.7. The minimum absolute atomic E-state index is 0.0462. The van der Waals surface area contributed by atoms with Gasteiger partial charge in [0.2, 0.25) is 5.91 Å². The van der Waals surface area contributed by atoms with Crippen LogP contribution in [0.25, 0.3) is 15.9 Å². The van der Waals surface area contributed by atoms with Crippen molar-refractivity contribution >= 4 is 39.3 Å². The van der Waals surface area contributed by atoms with Crippen molar-refractivity contribution in [1.29, 1.82) is 0 Å². The number of amides is 2. The van der Waals surface area contributed by atoms with Crippen LogP contribution in [-0.2, 0) is 9.53 Å². The zero-order valence-electron chi connectivity index (χ0n) is 19.7. The highest BCUT2D eigenvalue weighted by atomic mass is 32.1. The Morgan fingerprint density at radius 3 is 2.69 bits per heavy atom. The molecule has 2 aromatic rings. The summed E-state index contributed by atoms with van der Waals surface area (Å²) in [6.45, 7) is 9.63. The third-order valence-electron chi connectivity index (χ3n) is 5.85. The monoisotopic (exact) mass is 456 g/mol. The number of aromatic nitrogens is 1. The number of likely N-dealkylation sites (N-methyl/N-ethyl adjacent to an activating group) is 2. The van der Waals surface area contributed by atoms with Gasteiger partial charge in [0, 0.05) is 25.7 Å².